The zero-order valence-corrected chi connectivity index (χ0v) is 29.1. The number of pyridine rings is 1. The maximum Gasteiger partial charge on any atom is 0.255 e. The van der Waals surface area contributed by atoms with Gasteiger partial charge >= 0.3 is 0 Å². The lowest BCUT2D eigenvalue weighted by Gasteiger charge is -2.29. The number of rotatable bonds is 10. The molecule has 1 saturated carbocycles. The van der Waals surface area contributed by atoms with Gasteiger partial charge in [0, 0.05) is 53.3 Å². The molecular formula is C40H36ClFN6O4. The van der Waals surface area contributed by atoms with Crippen LogP contribution in [0, 0.1) is 5.82 Å². The molecule has 2 fully saturated rings. The predicted octanol–water partition coefficient (Wildman–Crippen LogP) is 7.12. The molecule has 5 aromatic rings. The average Bonchev–Trinajstić information content (AvgIpc) is 3.81. The van der Waals surface area contributed by atoms with Gasteiger partial charge in [-0.05, 0) is 91.4 Å². The maximum atomic E-state index is 14.2. The highest BCUT2D eigenvalue weighted by Gasteiger charge is 2.56. The topological polar surface area (TPSA) is 111 Å². The van der Waals surface area contributed by atoms with Crippen LogP contribution in [0.15, 0.2) is 78.9 Å². The quantitative estimate of drug-likeness (QED) is 0.158. The van der Waals surface area contributed by atoms with E-state index in [4.69, 9.17) is 31.0 Å². The molecule has 1 aliphatic carbocycles. The van der Waals surface area contributed by atoms with Crippen LogP contribution in [0.4, 0.5) is 15.8 Å². The molecule has 1 spiro atoms. The van der Waals surface area contributed by atoms with Crippen LogP contribution in [0.2, 0.25) is 5.02 Å². The van der Waals surface area contributed by atoms with Crippen molar-refractivity contribution in [3.8, 4) is 5.88 Å². The third-order valence-electron chi connectivity index (χ3n) is 10.6. The molecule has 4 aliphatic rings. The Morgan fingerprint density at radius 2 is 1.98 bits per heavy atom. The van der Waals surface area contributed by atoms with Crippen LogP contribution < -0.4 is 15.4 Å². The van der Waals surface area contributed by atoms with Gasteiger partial charge in [0.25, 0.3) is 5.91 Å². The van der Waals surface area contributed by atoms with Crippen molar-refractivity contribution >= 4 is 51.4 Å². The predicted molar refractivity (Wildman–Crippen MR) is 196 cm³/mol. The number of carbonyl (C=O) groups is 2. The Morgan fingerprint density at radius 1 is 1.10 bits per heavy atom. The monoisotopic (exact) mass is 718 g/mol. The number of nitrogens with zero attached hydrogens (tertiary/aromatic N) is 4. The van der Waals surface area contributed by atoms with Crippen molar-refractivity contribution in [1.29, 1.82) is 0 Å². The highest BCUT2D eigenvalue weighted by molar-refractivity contribution is 6.30. The average molecular weight is 719 g/mol. The zero-order valence-electron chi connectivity index (χ0n) is 28.3. The van der Waals surface area contributed by atoms with Crippen molar-refractivity contribution < 1.29 is 23.5 Å². The van der Waals surface area contributed by atoms with Gasteiger partial charge < -0.3 is 24.7 Å². The van der Waals surface area contributed by atoms with E-state index in [1.54, 1.807) is 18.2 Å². The number of aromatic nitrogens is 3. The summed E-state index contributed by atoms with van der Waals surface area (Å²) in [6, 6.07) is 21.4. The number of imidazole rings is 1. The summed E-state index contributed by atoms with van der Waals surface area (Å²) in [4.78, 5) is 38.1. The molecule has 3 aromatic carbocycles. The van der Waals surface area contributed by atoms with E-state index in [0.717, 1.165) is 84.8 Å². The standard InChI is InChI=1S/C40H36ClFN6O4/c41-27-6-4-26(31(42)19-27)23-52-37-3-1-2-32(45-37)24-10-15-47(16-11-24)22-36-44-34-8-5-25(18-35(34)48(36)21-29-12-17-51-29)38(49)43-28-7-9-33-30(20-28)40(13-14-40)39(50)46-33/h1-10,18-20,29H,11-17,21-23H2,(H,43,49)(H,46,50)/t29-/m0/s1. The molecule has 12 heteroatoms. The number of fused-ring (bicyclic) bond motifs is 3. The number of carbonyl (C=O) groups excluding carboxylic acids is 2. The van der Waals surface area contributed by atoms with Crippen LogP contribution in [-0.4, -0.2) is 57.0 Å². The Bertz CT molecular complexity index is 2280. The molecule has 2 aromatic heterocycles. The molecule has 52 heavy (non-hydrogen) atoms. The fourth-order valence-electron chi connectivity index (χ4n) is 7.34. The molecule has 0 bridgehead atoms. The van der Waals surface area contributed by atoms with Gasteiger partial charge in [0.15, 0.2) is 0 Å². The van der Waals surface area contributed by atoms with Crippen molar-refractivity contribution in [1.82, 2.24) is 19.4 Å². The molecular weight excluding hydrogens is 683 g/mol. The smallest absolute Gasteiger partial charge is 0.255 e. The Morgan fingerprint density at radius 3 is 2.75 bits per heavy atom. The van der Waals surface area contributed by atoms with Gasteiger partial charge in [-0.2, -0.15) is 0 Å². The van der Waals surface area contributed by atoms with Gasteiger partial charge in [0.2, 0.25) is 11.8 Å². The molecule has 0 radical (unpaired) electrons. The molecule has 264 valence electrons. The second-order valence-electron chi connectivity index (χ2n) is 14.0. The molecule has 5 heterocycles. The Kier molecular flexibility index (Phi) is 8.29. The van der Waals surface area contributed by atoms with E-state index in [2.05, 4.69) is 26.2 Å². The molecule has 1 saturated heterocycles. The SMILES string of the molecule is O=C(Nc1ccc2c(c1)C1(CC1)C(=O)N2)c1ccc2nc(CN3CC=C(c4cccc(OCc5ccc(Cl)cc5F)n4)CC3)n(C[C@@H]3CCO3)c2c1. The number of anilines is 2. The molecule has 9 rings (SSSR count). The minimum absolute atomic E-state index is 0.0515. The van der Waals surface area contributed by atoms with Gasteiger partial charge in [-0.1, -0.05) is 29.8 Å². The Balaban J connectivity index is 0.897. The largest absolute Gasteiger partial charge is 0.473 e. The van der Waals surface area contributed by atoms with Crippen molar-refractivity contribution in [2.75, 3.05) is 30.3 Å². The van der Waals surface area contributed by atoms with Crippen molar-refractivity contribution in [2.24, 2.45) is 0 Å². The fraction of sp³-hybridized carbons (Fsp3) is 0.300. The number of nitrogens with one attached hydrogen (secondary N) is 2. The highest BCUT2D eigenvalue weighted by atomic mass is 35.5. The summed E-state index contributed by atoms with van der Waals surface area (Å²) in [6.07, 6.45) is 5.75. The Labute approximate surface area is 304 Å². The van der Waals surface area contributed by atoms with E-state index in [9.17, 15) is 14.0 Å². The third kappa shape index (κ3) is 6.23. The molecule has 2 amide bonds. The minimum atomic E-state index is -0.425. The lowest BCUT2D eigenvalue weighted by Crippen LogP contribution is -2.33. The molecule has 2 N–H and O–H groups in total. The lowest BCUT2D eigenvalue weighted by molar-refractivity contribution is -0.117. The second kappa shape index (κ2) is 13.1. The Hall–Kier alpha value is -5.10. The number of hydrogen-bond acceptors (Lipinski definition) is 7. The summed E-state index contributed by atoms with van der Waals surface area (Å²) < 4.78 is 28.1. The van der Waals surface area contributed by atoms with Gasteiger partial charge in [0.1, 0.15) is 18.2 Å². The molecule has 1 atom stereocenters. The van der Waals surface area contributed by atoms with E-state index < -0.39 is 11.2 Å². The summed E-state index contributed by atoms with van der Waals surface area (Å²) in [6.45, 7) is 3.64. The van der Waals surface area contributed by atoms with Gasteiger partial charge in [-0.25, -0.2) is 14.4 Å². The summed E-state index contributed by atoms with van der Waals surface area (Å²) in [5.41, 5.74) is 6.69. The highest BCUT2D eigenvalue weighted by Crippen LogP contribution is 2.55. The number of halogens is 2. The number of amides is 2. The summed E-state index contributed by atoms with van der Waals surface area (Å²) in [5, 5.41) is 6.36. The number of hydrogen-bond donors (Lipinski definition) is 2. The molecule has 10 nitrogen and oxygen atoms in total. The first-order valence-corrected chi connectivity index (χ1v) is 18.0. The first-order valence-electron chi connectivity index (χ1n) is 17.6. The second-order valence-corrected chi connectivity index (χ2v) is 14.4. The van der Waals surface area contributed by atoms with Crippen LogP contribution in [0.5, 0.6) is 5.88 Å². The normalized spacial score (nSPS) is 18.8. The van der Waals surface area contributed by atoms with Gasteiger partial charge in [-0.3, -0.25) is 14.5 Å². The first-order chi connectivity index (χ1) is 25.3. The number of benzene rings is 3. The zero-order chi connectivity index (χ0) is 35.4. The first kappa shape index (κ1) is 32.8. The minimum Gasteiger partial charge on any atom is -0.473 e. The van der Waals surface area contributed by atoms with Crippen LogP contribution >= 0.6 is 11.6 Å². The van der Waals surface area contributed by atoms with E-state index in [1.807, 2.05) is 48.5 Å². The van der Waals surface area contributed by atoms with Crippen molar-refractivity contribution in [3.63, 3.8) is 0 Å². The molecule has 3 aliphatic heterocycles. The van der Waals surface area contributed by atoms with E-state index in [1.165, 1.54) is 6.07 Å². The van der Waals surface area contributed by atoms with Crippen molar-refractivity contribution in [2.45, 2.75) is 56.9 Å². The fourth-order valence-corrected chi connectivity index (χ4v) is 7.50. The van der Waals surface area contributed by atoms with E-state index >= 15 is 0 Å². The summed E-state index contributed by atoms with van der Waals surface area (Å²) in [5.74, 6) is 0.785. The van der Waals surface area contributed by atoms with Crippen LogP contribution in [-0.2, 0) is 34.6 Å². The number of ether oxygens (including phenoxy) is 2. The van der Waals surface area contributed by atoms with Gasteiger partial charge in [-0.15, -0.1) is 0 Å². The third-order valence-corrected chi connectivity index (χ3v) is 10.8. The summed E-state index contributed by atoms with van der Waals surface area (Å²) >= 11 is 5.88. The maximum absolute atomic E-state index is 14.2. The van der Waals surface area contributed by atoms with Crippen molar-refractivity contribution in [3.05, 3.63) is 118 Å². The lowest BCUT2D eigenvalue weighted by atomic mass is 9.97. The van der Waals surface area contributed by atoms with Crippen LogP contribution in [0.25, 0.3) is 16.6 Å². The van der Waals surface area contributed by atoms with Gasteiger partial charge in [0.05, 0.1) is 41.3 Å². The van der Waals surface area contributed by atoms with Crippen LogP contribution in [0.1, 0.15) is 58.7 Å². The van der Waals surface area contributed by atoms with E-state index in [0.29, 0.717) is 40.8 Å². The summed E-state index contributed by atoms with van der Waals surface area (Å²) in [7, 11) is 0. The molecule has 0 unspecified atom stereocenters. The van der Waals surface area contributed by atoms with E-state index in [-0.39, 0.29) is 24.5 Å². The van der Waals surface area contributed by atoms with Crippen LogP contribution in [0.3, 0.4) is 0 Å².